The Morgan fingerprint density at radius 1 is 1.25 bits per heavy atom. The van der Waals surface area contributed by atoms with E-state index < -0.39 is 0 Å². The van der Waals surface area contributed by atoms with Crippen molar-refractivity contribution in [1.82, 2.24) is 10.2 Å². The molecule has 0 radical (unpaired) electrons. The van der Waals surface area contributed by atoms with Gasteiger partial charge in [0.15, 0.2) is 0 Å². The lowest BCUT2D eigenvalue weighted by Gasteiger charge is -2.07. The summed E-state index contributed by atoms with van der Waals surface area (Å²) in [5.41, 5.74) is 4.64. The summed E-state index contributed by atoms with van der Waals surface area (Å²) in [4.78, 5) is 11.5. The highest BCUT2D eigenvalue weighted by Gasteiger charge is 2.13. The Balaban J connectivity index is 2.27. The monoisotopic (exact) mass is 309 g/mol. The van der Waals surface area contributed by atoms with E-state index in [1.165, 1.54) is 16.9 Å². The molecule has 0 spiro atoms. The number of hydrogen-bond acceptors (Lipinski definition) is 4. The summed E-state index contributed by atoms with van der Waals surface area (Å²) in [5, 5.41) is 12.2. The molecule has 0 unspecified atom stereocenters. The van der Waals surface area contributed by atoms with Crippen molar-refractivity contribution in [1.29, 1.82) is 0 Å². The summed E-state index contributed by atoms with van der Waals surface area (Å²) in [6.07, 6.45) is 0.277. The lowest BCUT2D eigenvalue weighted by molar-refractivity contribution is -0.115. The summed E-state index contributed by atoms with van der Waals surface area (Å²) in [6.45, 7) is 6.19. The molecule has 0 aliphatic rings. The van der Waals surface area contributed by atoms with Crippen molar-refractivity contribution in [3.05, 3.63) is 28.8 Å². The SMILES string of the molecule is Cc1cc(C)c(-c2nnc(NC(=O)CCCl)s2)c(C)c1. The first kappa shape index (κ1) is 14.9. The second-order valence-corrected chi connectivity index (χ2v) is 6.03. The van der Waals surface area contributed by atoms with Gasteiger partial charge in [0.05, 0.1) is 0 Å². The van der Waals surface area contributed by atoms with Crippen LogP contribution in [0.1, 0.15) is 23.1 Å². The second kappa shape index (κ2) is 6.33. The van der Waals surface area contributed by atoms with Crippen molar-refractivity contribution in [2.75, 3.05) is 11.2 Å². The number of amides is 1. The molecule has 1 aromatic heterocycles. The van der Waals surface area contributed by atoms with Gasteiger partial charge in [-0.2, -0.15) is 0 Å². The van der Waals surface area contributed by atoms with E-state index in [-0.39, 0.29) is 12.3 Å². The van der Waals surface area contributed by atoms with E-state index in [0.717, 1.165) is 21.7 Å². The van der Waals surface area contributed by atoms with Gasteiger partial charge in [0.25, 0.3) is 0 Å². The first-order valence-corrected chi connectivity index (χ1v) is 7.64. The normalized spacial score (nSPS) is 10.6. The number of nitrogens with zero attached hydrogens (tertiary/aromatic N) is 2. The van der Waals surface area contributed by atoms with Crippen LogP contribution in [-0.2, 0) is 4.79 Å². The number of alkyl halides is 1. The highest BCUT2D eigenvalue weighted by Crippen LogP contribution is 2.32. The molecule has 1 amide bonds. The zero-order valence-corrected chi connectivity index (χ0v) is 13.2. The molecule has 2 aromatic rings. The van der Waals surface area contributed by atoms with Crippen LogP contribution in [0, 0.1) is 20.8 Å². The Kier molecular flexibility index (Phi) is 4.73. The number of rotatable bonds is 4. The lowest BCUT2D eigenvalue weighted by Crippen LogP contribution is -2.11. The number of benzene rings is 1. The van der Waals surface area contributed by atoms with E-state index in [0.29, 0.717) is 11.0 Å². The third-order valence-electron chi connectivity index (χ3n) is 2.88. The van der Waals surface area contributed by atoms with Crippen molar-refractivity contribution in [2.24, 2.45) is 0 Å². The maximum atomic E-state index is 11.5. The predicted molar refractivity (Wildman–Crippen MR) is 83.5 cm³/mol. The summed E-state index contributed by atoms with van der Waals surface area (Å²) in [5.74, 6) is 0.160. The van der Waals surface area contributed by atoms with Gasteiger partial charge < -0.3 is 5.32 Å². The fourth-order valence-electron chi connectivity index (χ4n) is 2.16. The third-order valence-corrected chi connectivity index (χ3v) is 3.93. The molecule has 0 aliphatic carbocycles. The van der Waals surface area contributed by atoms with Crippen LogP contribution >= 0.6 is 22.9 Å². The number of anilines is 1. The first-order chi connectivity index (χ1) is 9.51. The molecule has 0 atom stereocenters. The van der Waals surface area contributed by atoms with Gasteiger partial charge in [-0.15, -0.1) is 21.8 Å². The van der Waals surface area contributed by atoms with Gasteiger partial charge in [0.2, 0.25) is 11.0 Å². The molecule has 0 saturated heterocycles. The molecular formula is C14H16ClN3OS. The topological polar surface area (TPSA) is 54.9 Å². The van der Waals surface area contributed by atoms with Crippen molar-refractivity contribution in [3.63, 3.8) is 0 Å². The number of hydrogen-bond donors (Lipinski definition) is 1. The van der Waals surface area contributed by atoms with E-state index in [2.05, 4.69) is 48.4 Å². The summed E-state index contributed by atoms with van der Waals surface area (Å²) in [6, 6.07) is 4.24. The third kappa shape index (κ3) is 3.35. The fourth-order valence-corrected chi connectivity index (χ4v) is 3.27. The molecular weight excluding hydrogens is 294 g/mol. The largest absolute Gasteiger partial charge is 0.300 e. The molecule has 1 N–H and O–H groups in total. The second-order valence-electron chi connectivity index (χ2n) is 4.67. The van der Waals surface area contributed by atoms with E-state index in [1.54, 1.807) is 0 Å². The van der Waals surface area contributed by atoms with Gasteiger partial charge in [-0.25, -0.2) is 0 Å². The van der Waals surface area contributed by atoms with Gasteiger partial charge >= 0.3 is 0 Å². The van der Waals surface area contributed by atoms with Gasteiger partial charge in [-0.05, 0) is 31.9 Å². The Morgan fingerprint density at radius 2 is 1.90 bits per heavy atom. The lowest BCUT2D eigenvalue weighted by atomic mass is 10.0. The van der Waals surface area contributed by atoms with Crippen LogP contribution in [0.4, 0.5) is 5.13 Å². The molecule has 20 heavy (non-hydrogen) atoms. The van der Waals surface area contributed by atoms with Gasteiger partial charge in [0.1, 0.15) is 5.01 Å². The Morgan fingerprint density at radius 3 is 2.50 bits per heavy atom. The van der Waals surface area contributed by atoms with E-state index >= 15 is 0 Å². The van der Waals surface area contributed by atoms with Crippen molar-refractivity contribution < 1.29 is 4.79 Å². The minimum atomic E-state index is -0.139. The standard InChI is InChI=1S/C14H16ClN3OS/c1-8-6-9(2)12(10(3)7-8)13-17-18-14(20-13)16-11(19)4-5-15/h6-7H,4-5H2,1-3H3,(H,16,18,19). The average Bonchev–Trinajstić information content (AvgIpc) is 2.76. The van der Waals surface area contributed by atoms with Crippen LogP contribution in [-0.4, -0.2) is 22.0 Å². The molecule has 0 saturated carbocycles. The van der Waals surface area contributed by atoms with Crippen molar-refractivity contribution in [2.45, 2.75) is 27.2 Å². The molecule has 4 nitrogen and oxygen atoms in total. The predicted octanol–water partition coefficient (Wildman–Crippen LogP) is 3.70. The number of halogens is 1. The summed E-state index contributed by atoms with van der Waals surface area (Å²) in [7, 11) is 0. The Labute approximate surface area is 127 Å². The minimum absolute atomic E-state index is 0.139. The van der Waals surface area contributed by atoms with Gasteiger partial charge in [-0.3, -0.25) is 4.79 Å². The zero-order chi connectivity index (χ0) is 14.7. The maximum Gasteiger partial charge on any atom is 0.227 e. The quantitative estimate of drug-likeness (QED) is 0.876. The molecule has 1 aromatic carbocycles. The molecule has 2 rings (SSSR count). The number of carbonyl (C=O) groups is 1. The van der Waals surface area contributed by atoms with Crippen LogP contribution in [0.25, 0.3) is 10.6 Å². The van der Waals surface area contributed by atoms with Crippen LogP contribution < -0.4 is 5.32 Å². The number of nitrogens with one attached hydrogen (secondary N) is 1. The number of aromatic nitrogens is 2. The van der Waals surface area contributed by atoms with E-state index in [9.17, 15) is 4.79 Å². The summed E-state index contributed by atoms with van der Waals surface area (Å²) < 4.78 is 0. The fraction of sp³-hybridized carbons (Fsp3) is 0.357. The summed E-state index contributed by atoms with van der Waals surface area (Å²) >= 11 is 6.90. The van der Waals surface area contributed by atoms with E-state index in [1.807, 2.05) is 0 Å². The molecule has 1 heterocycles. The highest BCUT2D eigenvalue weighted by molar-refractivity contribution is 7.18. The highest BCUT2D eigenvalue weighted by atomic mass is 35.5. The van der Waals surface area contributed by atoms with Crippen LogP contribution in [0.3, 0.4) is 0 Å². The molecule has 106 valence electrons. The maximum absolute atomic E-state index is 11.5. The van der Waals surface area contributed by atoms with Gasteiger partial charge in [-0.1, -0.05) is 29.0 Å². The zero-order valence-electron chi connectivity index (χ0n) is 11.7. The Bertz CT molecular complexity index is 616. The number of aryl methyl sites for hydroxylation is 3. The van der Waals surface area contributed by atoms with Crippen molar-refractivity contribution in [3.8, 4) is 10.6 Å². The molecule has 6 heteroatoms. The van der Waals surface area contributed by atoms with Gasteiger partial charge in [0, 0.05) is 17.9 Å². The van der Waals surface area contributed by atoms with Crippen LogP contribution in [0.15, 0.2) is 12.1 Å². The molecule has 0 aliphatic heterocycles. The average molecular weight is 310 g/mol. The molecule has 0 fully saturated rings. The first-order valence-electron chi connectivity index (χ1n) is 6.29. The Hall–Kier alpha value is -1.46. The molecule has 0 bridgehead atoms. The van der Waals surface area contributed by atoms with Crippen LogP contribution in [0.2, 0.25) is 0 Å². The smallest absolute Gasteiger partial charge is 0.227 e. The van der Waals surface area contributed by atoms with E-state index in [4.69, 9.17) is 11.6 Å². The minimum Gasteiger partial charge on any atom is -0.300 e. The number of carbonyl (C=O) groups excluding carboxylic acids is 1. The van der Waals surface area contributed by atoms with Crippen LogP contribution in [0.5, 0.6) is 0 Å². The van der Waals surface area contributed by atoms with Crippen molar-refractivity contribution >= 4 is 34.0 Å².